The molecule has 1 saturated heterocycles. The Morgan fingerprint density at radius 3 is 1.61 bits per heavy atom. The van der Waals surface area contributed by atoms with Crippen molar-refractivity contribution in [1.29, 1.82) is 0 Å². The number of carbonyl (C=O) groups is 3. The van der Waals surface area contributed by atoms with Gasteiger partial charge in [0.15, 0.2) is 0 Å². The third-order valence-electron chi connectivity index (χ3n) is 3.14. The standard InChI is InChI=1S/C12H20N2O4/c1-8(2)10(15)13-4-6-14(7-5-13)11(16)9(3)12(17)18/h8-9H,4-7H2,1-3H3,(H,17,18). The molecule has 0 spiro atoms. The Morgan fingerprint density at radius 2 is 1.28 bits per heavy atom. The molecule has 1 N–H and O–H groups in total. The van der Waals surface area contributed by atoms with Crippen molar-refractivity contribution in [1.82, 2.24) is 9.80 Å². The van der Waals surface area contributed by atoms with Crippen LogP contribution in [0.15, 0.2) is 0 Å². The Balaban J connectivity index is 2.52. The van der Waals surface area contributed by atoms with Crippen LogP contribution in [0.2, 0.25) is 0 Å². The first-order valence-electron chi connectivity index (χ1n) is 6.15. The summed E-state index contributed by atoms with van der Waals surface area (Å²) in [6, 6.07) is 0. The fraction of sp³-hybridized carbons (Fsp3) is 0.750. The lowest BCUT2D eigenvalue weighted by Crippen LogP contribution is -2.53. The Labute approximate surface area is 107 Å². The average molecular weight is 256 g/mol. The van der Waals surface area contributed by atoms with Crippen LogP contribution in [0.3, 0.4) is 0 Å². The molecule has 0 aromatic carbocycles. The highest BCUT2D eigenvalue weighted by molar-refractivity contribution is 5.96. The number of piperazine rings is 1. The number of aliphatic carboxylic acids is 1. The van der Waals surface area contributed by atoms with Crippen LogP contribution in [0.1, 0.15) is 20.8 Å². The van der Waals surface area contributed by atoms with E-state index in [2.05, 4.69) is 0 Å². The average Bonchev–Trinajstić information content (AvgIpc) is 2.36. The van der Waals surface area contributed by atoms with Gasteiger partial charge in [0.2, 0.25) is 11.8 Å². The van der Waals surface area contributed by atoms with Gasteiger partial charge in [0, 0.05) is 32.1 Å². The van der Waals surface area contributed by atoms with Crippen molar-refractivity contribution in [3.05, 3.63) is 0 Å². The van der Waals surface area contributed by atoms with Gasteiger partial charge in [-0.3, -0.25) is 14.4 Å². The highest BCUT2D eigenvalue weighted by atomic mass is 16.4. The normalized spacial score (nSPS) is 17.8. The maximum atomic E-state index is 11.8. The maximum Gasteiger partial charge on any atom is 0.315 e. The molecule has 1 atom stereocenters. The summed E-state index contributed by atoms with van der Waals surface area (Å²) in [5.74, 6) is -2.48. The monoisotopic (exact) mass is 256 g/mol. The van der Waals surface area contributed by atoms with Gasteiger partial charge in [-0.15, -0.1) is 0 Å². The van der Waals surface area contributed by atoms with E-state index in [0.29, 0.717) is 26.2 Å². The van der Waals surface area contributed by atoms with Crippen LogP contribution >= 0.6 is 0 Å². The molecule has 2 amide bonds. The molecule has 0 radical (unpaired) electrons. The quantitative estimate of drug-likeness (QED) is 0.723. The minimum atomic E-state index is -1.11. The lowest BCUT2D eigenvalue weighted by molar-refractivity contribution is -0.152. The number of hydrogen-bond donors (Lipinski definition) is 1. The summed E-state index contributed by atoms with van der Waals surface area (Å²) in [4.78, 5) is 37.5. The third-order valence-corrected chi connectivity index (χ3v) is 3.14. The second kappa shape index (κ2) is 5.84. The number of carbonyl (C=O) groups excluding carboxylic acids is 2. The van der Waals surface area contributed by atoms with E-state index in [4.69, 9.17) is 5.11 Å². The van der Waals surface area contributed by atoms with Crippen LogP contribution in [0.25, 0.3) is 0 Å². The van der Waals surface area contributed by atoms with Gasteiger partial charge in [0.1, 0.15) is 5.92 Å². The van der Waals surface area contributed by atoms with Gasteiger partial charge >= 0.3 is 5.97 Å². The fourth-order valence-electron chi connectivity index (χ4n) is 1.89. The smallest absolute Gasteiger partial charge is 0.315 e. The van der Waals surface area contributed by atoms with E-state index in [1.807, 2.05) is 13.8 Å². The molecule has 18 heavy (non-hydrogen) atoms. The van der Waals surface area contributed by atoms with Crippen molar-refractivity contribution in [3.63, 3.8) is 0 Å². The summed E-state index contributed by atoms with van der Waals surface area (Å²) in [7, 11) is 0. The van der Waals surface area contributed by atoms with E-state index in [0.717, 1.165) is 0 Å². The van der Waals surface area contributed by atoms with Gasteiger partial charge in [0.05, 0.1) is 0 Å². The molecule has 6 nitrogen and oxygen atoms in total. The molecule has 0 aliphatic carbocycles. The molecule has 0 saturated carbocycles. The fourth-order valence-corrected chi connectivity index (χ4v) is 1.89. The van der Waals surface area contributed by atoms with Crippen molar-refractivity contribution in [2.24, 2.45) is 11.8 Å². The summed E-state index contributed by atoms with van der Waals surface area (Å²) < 4.78 is 0. The number of hydrogen-bond acceptors (Lipinski definition) is 3. The van der Waals surface area contributed by atoms with Gasteiger partial charge in [-0.2, -0.15) is 0 Å². The minimum Gasteiger partial charge on any atom is -0.481 e. The molecule has 0 bridgehead atoms. The zero-order valence-corrected chi connectivity index (χ0v) is 11.0. The molecular weight excluding hydrogens is 236 g/mol. The lowest BCUT2D eigenvalue weighted by atomic mass is 10.1. The van der Waals surface area contributed by atoms with Crippen molar-refractivity contribution in [3.8, 4) is 0 Å². The SMILES string of the molecule is CC(C)C(=O)N1CCN(C(=O)C(C)C(=O)O)CC1. The first-order valence-corrected chi connectivity index (χ1v) is 6.15. The molecule has 1 aliphatic rings. The summed E-state index contributed by atoms with van der Waals surface area (Å²) in [6.07, 6.45) is 0. The molecule has 1 fully saturated rings. The topological polar surface area (TPSA) is 77.9 Å². The van der Waals surface area contributed by atoms with Crippen molar-refractivity contribution >= 4 is 17.8 Å². The molecule has 102 valence electrons. The van der Waals surface area contributed by atoms with E-state index in [9.17, 15) is 14.4 Å². The zero-order valence-electron chi connectivity index (χ0n) is 11.0. The number of carboxylic acid groups (broad SMARTS) is 1. The van der Waals surface area contributed by atoms with Crippen LogP contribution in [-0.2, 0) is 14.4 Å². The van der Waals surface area contributed by atoms with Gasteiger partial charge < -0.3 is 14.9 Å². The van der Waals surface area contributed by atoms with Gasteiger partial charge in [-0.05, 0) is 6.92 Å². The van der Waals surface area contributed by atoms with E-state index in [1.54, 1.807) is 4.90 Å². The third kappa shape index (κ3) is 3.21. The van der Waals surface area contributed by atoms with Crippen LogP contribution in [0.4, 0.5) is 0 Å². The second-order valence-corrected chi connectivity index (χ2v) is 4.87. The first-order chi connectivity index (χ1) is 8.34. The number of carboxylic acids is 1. The molecule has 0 aromatic rings. The van der Waals surface area contributed by atoms with E-state index < -0.39 is 11.9 Å². The van der Waals surface area contributed by atoms with Gasteiger partial charge in [-0.1, -0.05) is 13.8 Å². The van der Waals surface area contributed by atoms with Gasteiger partial charge in [-0.25, -0.2) is 0 Å². The van der Waals surface area contributed by atoms with Crippen LogP contribution in [-0.4, -0.2) is 58.9 Å². The predicted octanol–water partition coefficient (Wildman–Crippen LogP) is 0.0339. The molecule has 1 aliphatic heterocycles. The lowest BCUT2D eigenvalue weighted by Gasteiger charge is -2.36. The summed E-state index contributed by atoms with van der Waals surface area (Å²) in [5.41, 5.74) is 0. The number of rotatable bonds is 3. The molecule has 0 aromatic heterocycles. The number of nitrogens with zero attached hydrogens (tertiary/aromatic N) is 2. The van der Waals surface area contributed by atoms with Crippen LogP contribution < -0.4 is 0 Å². The van der Waals surface area contributed by atoms with E-state index >= 15 is 0 Å². The van der Waals surface area contributed by atoms with Crippen molar-refractivity contribution in [2.75, 3.05) is 26.2 Å². The van der Waals surface area contributed by atoms with Gasteiger partial charge in [0.25, 0.3) is 0 Å². The highest BCUT2D eigenvalue weighted by Crippen LogP contribution is 2.10. The zero-order chi connectivity index (χ0) is 13.9. The Morgan fingerprint density at radius 1 is 0.889 bits per heavy atom. The molecule has 6 heteroatoms. The Kier molecular flexibility index (Phi) is 4.69. The summed E-state index contributed by atoms with van der Waals surface area (Å²) >= 11 is 0. The second-order valence-electron chi connectivity index (χ2n) is 4.87. The van der Waals surface area contributed by atoms with Crippen LogP contribution in [0.5, 0.6) is 0 Å². The summed E-state index contributed by atoms with van der Waals surface area (Å²) in [5, 5.41) is 8.78. The Hall–Kier alpha value is -1.59. The largest absolute Gasteiger partial charge is 0.481 e. The first kappa shape index (κ1) is 14.5. The predicted molar refractivity (Wildman–Crippen MR) is 64.8 cm³/mol. The maximum absolute atomic E-state index is 11.8. The Bertz CT molecular complexity index is 346. The minimum absolute atomic E-state index is 0.0507. The van der Waals surface area contributed by atoms with Crippen molar-refractivity contribution in [2.45, 2.75) is 20.8 Å². The van der Waals surface area contributed by atoms with Crippen LogP contribution in [0, 0.1) is 11.8 Å². The molecule has 1 heterocycles. The van der Waals surface area contributed by atoms with E-state index in [1.165, 1.54) is 11.8 Å². The highest BCUT2D eigenvalue weighted by Gasteiger charge is 2.30. The molecule has 1 rings (SSSR count). The molecular formula is C12H20N2O4. The molecule has 1 unspecified atom stereocenters. The van der Waals surface area contributed by atoms with E-state index in [-0.39, 0.29) is 17.7 Å². The number of amides is 2. The van der Waals surface area contributed by atoms with Crippen molar-refractivity contribution < 1.29 is 19.5 Å². The summed E-state index contributed by atoms with van der Waals surface area (Å²) in [6.45, 7) is 6.85.